The third kappa shape index (κ3) is 5.98. The molecular weight excluding hydrogens is 550 g/mol. The maximum Gasteiger partial charge on any atom is 0.275 e. The first kappa shape index (κ1) is 29.9. The average molecular weight is 590 g/mol. The topological polar surface area (TPSA) is 116 Å². The molecule has 2 heterocycles. The van der Waals surface area contributed by atoms with Gasteiger partial charge in [0.25, 0.3) is 11.8 Å². The highest BCUT2D eigenvalue weighted by Crippen LogP contribution is 2.50. The van der Waals surface area contributed by atoms with Crippen LogP contribution in [0.4, 0.5) is 0 Å². The van der Waals surface area contributed by atoms with Gasteiger partial charge in [-0.3, -0.25) is 14.6 Å². The number of aromatic nitrogens is 4. The summed E-state index contributed by atoms with van der Waals surface area (Å²) >= 11 is 6.18. The van der Waals surface area contributed by atoms with Gasteiger partial charge in [-0.05, 0) is 73.3 Å². The van der Waals surface area contributed by atoms with E-state index in [2.05, 4.69) is 58.5 Å². The number of halogens is 1. The fourth-order valence-corrected chi connectivity index (χ4v) is 6.56. The third-order valence-corrected chi connectivity index (χ3v) is 9.59. The van der Waals surface area contributed by atoms with Crippen LogP contribution in [0, 0.1) is 11.3 Å². The summed E-state index contributed by atoms with van der Waals surface area (Å²) in [4.78, 5) is 34.5. The molecule has 1 aliphatic carbocycles. The van der Waals surface area contributed by atoms with Crippen molar-refractivity contribution in [3.05, 3.63) is 76.1 Å². The van der Waals surface area contributed by atoms with Crippen LogP contribution in [0.1, 0.15) is 106 Å². The summed E-state index contributed by atoms with van der Waals surface area (Å²) in [7, 11) is 0. The van der Waals surface area contributed by atoms with Crippen molar-refractivity contribution in [1.82, 2.24) is 30.8 Å². The van der Waals surface area contributed by atoms with Crippen LogP contribution in [0.15, 0.2) is 53.5 Å². The van der Waals surface area contributed by atoms with E-state index >= 15 is 0 Å². The van der Waals surface area contributed by atoms with E-state index < -0.39 is 5.66 Å². The minimum atomic E-state index is -0.590. The van der Waals surface area contributed by atoms with Crippen molar-refractivity contribution < 1.29 is 9.59 Å². The zero-order valence-electron chi connectivity index (χ0n) is 24.9. The molecular formula is C32H40ClN7O2. The SMILES string of the molecule is CCC[C@H](c1ccc(C(=O)NCc2nn[nH]n2)cc1)N1C(=O)C(c2ccc(Cl)cc2)=NC12CCC(C(C)(C)CC)CC2. The largest absolute Gasteiger partial charge is 0.345 e. The molecule has 2 aliphatic rings. The van der Waals surface area contributed by atoms with E-state index in [1.165, 1.54) is 0 Å². The number of H-pyrrole nitrogens is 1. The normalized spacial score (nSPS) is 21.5. The van der Waals surface area contributed by atoms with Crippen LogP contribution < -0.4 is 5.32 Å². The van der Waals surface area contributed by atoms with Gasteiger partial charge in [-0.25, -0.2) is 0 Å². The van der Waals surface area contributed by atoms with E-state index in [0.717, 1.165) is 56.1 Å². The summed E-state index contributed by atoms with van der Waals surface area (Å²) in [5.74, 6) is 0.743. The number of rotatable bonds is 10. The number of benzene rings is 2. The number of nitrogens with zero attached hydrogens (tertiary/aromatic N) is 5. The van der Waals surface area contributed by atoms with Crippen molar-refractivity contribution in [2.75, 3.05) is 0 Å². The summed E-state index contributed by atoms with van der Waals surface area (Å²) in [5.41, 5.74) is 2.50. The van der Waals surface area contributed by atoms with Crippen molar-refractivity contribution in [3.8, 4) is 0 Å². The second-order valence-electron chi connectivity index (χ2n) is 12.2. The van der Waals surface area contributed by atoms with Crippen molar-refractivity contribution in [2.45, 2.75) is 90.9 Å². The zero-order chi connectivity index (χ0) is 29.9. The first-order valence-corrected chi connectivity index (χ1v) is 15.3. The molecule has 2 aromatic carbocycles. The molecule has 1 aromatic heterocycles. The van der Waals surface area contributed by atoms with Gasteiger partial charge in [-0.15, -0.1) is 10.2 Å². The van der Waals surface area contributed by atoms with Crippen LogP contribution >= 0.6 is 11.6 Å². The Morgan fingerprint density at radius 3 is 2.40 bits per heavy atom. The van der Waals surface area contributed by atoms with Gasteiger partial charge in [-0.2, -0.15) is 5.21 Å². The molecule has 1 atom stereocenters. The van der Waals surface area contributed by atoms with Crippen LogP contribution in [0.5, 0.6) is 0 Å². The van der Waals surface area contributed by atoms with Crippen LogP contribution in [0.3, 0.4) is 0 Å². The highest BCUT2D eigenvalue weighted by Gasteiger charge is 2.52. The molecule has 222 valence electrons. The molecule has 1 spiro atoms. The van der Waals surface area contributed by atoms with E-state index in [0.29, 0.717) is 28.0 Å². The number of carbonyl (C=O) groups is 2. The molecule has 0 radical (unpaired) electrons. The molecule has 0 unspecified atom stereocenters. The standard InChI is InChI=1S/C32H40ClN7O2/c1-5-7-26(21-8-10-23(11-9-21)29(41)34-20-27-36-38-39-37-27)40-30(42)28(22-12-14-25(33)15-13-22)35-32(40)18-16-24(17-19-32)31(3,4)6-2/h8-15,24,26H,5-7,16-20H2,1-4H3,(H,34,41)(H,36,37,38,39)/t24?,26-,32?/m1/s1. The summed E-state index contributed by atoms with van der Waals surface area (Å²) in [5, 5.41) is 17.1. The highest BCUT2D eigenvalue weighted by molar-refractivity contribution is 6.47. The number of amides is 2. The van der Waals surface area contributed by atoms with E-state index in [1.807, 2.05) is 48.5 Å². The molecule has 10 heteroatoms. The van der Waals surface area contributed by atoms with Crippen molar-refractivity contribution in [3.63, 3.8) is 0 Å². The zero-order valence-corrected chi connectivity index (χ0v) is 25.6. The predicted molar refractivity (Wildman–Crippen MR) is 163 cm³/mol. The molecule has 9 nitrogen and oxygen atoms in total. The van der Waals surface area contributed by atoms with Crippen LogP contribution in [-0.4, -0.2) is 48.7 Å². The number of hydrogen-bond acceptors (Lipinski definition) is 6. The minimum absolute atomic E-state index is 0.0362. The molecule has 1 aliphatic heterocycles. The van der Waals surface area contributed by atoms with E-state index in [4.69, 9.17) is 16.6 Å². The Morgan fingerprint density at radius 2 is 1.81 bits per heavy atom. The molecule has 2 N–H and O–H groups in total. The van der Waals surface area contributed by atoms with Gasteiger partial charge in [0.2, 0.25) is 0 Å². The number of tetrazole rings is 1. The molecule has 2 amide bonds. The number of hydrogen-bond donors (Lipinski definition) is 2. The average Bonchev–Trinajstić information content (AvgIpc) is 3.62. The van der Waals surface area contributed by atoms with Crippen molar-refractivity contribution >= 4 is 29.1 Å². The number of aliphatic imine (C=N–C) groups is 1. The lowest BCUT2D eigenvalue weighted by atomic mass is 9.67. The Kier molecular flexibility index (Phi) is 8.78. The van der Waals surface area contributed by atoms with Gasteiger partial charge in [0.15, 0.2) is 5.82 Å². The predicted octanol–water partition coefficient (Wildman–Crippen LogP) is 6.28. The fraction of sp³-hybridized carbons (Fsp3) is 0.500. The van der Waals surface area contributed by atoms with Gasteiger partial charge < -0.3 is 10.2 Å². The fourth-order valence-electron chi connectivity index (χ4n) is 6.44. The second kappa shape index (κ2) is 12.3. The smallest absolute Gasteiger partial charge is 0.275 e. The van der Waals surface area contributed by atoms with Crippen LogP contribution in [-0.2, 0) is 11.3 Å². The summed E-state index contributed by atoms with van der Waals surface area (Å²) in [6.45, 7) is 9.30. The summed E-state index contributed by atoms with van der Waals surface area (Å²) in [6, 6.07) is 14.8. The quantitative estimate of drug-likeness (QED) is 0.289. The Hall–Kier alpha value is -3.59. The van der Waals surface area contributed by atoms with Crippen LogP contribution in [0.25, 0.3) is 0 Å². The van der Waals surface area contributed by atoms with E-state index in [9.17, 15) is 9.59 Å². The van der Waals surface area contributed by atoms with Crippen molar-refractivity contribution in [2.24, 2.45) is 16.3 Å². The number of carbonyl (C=O) groups excluding carboxylic acids is 2. The molecule has 42 heavy (non-hydrogen) atoms. The maximum absolute atomic E-state index is 14.3. The lowest BCUT2D eigenvalue weighted by Gasteiger charge is -2.48. The molecule has 0 saturated heterocycles. The Bertz CT molecular complexity index is 1410. The Morgan fingerprint density at radius 1 is 1.12 bits per heavy atom. The second-order valence-corrected chi connectivity index (χ2v) is 12.6. The van der Waals surface area contributed by atoms with Gasteiger partial charge in [0, 0.05) is 16.1 Å². The molecule has 1 saturated carbocycles. The van der Waals surface area contributed by atoms with Crippen LogP contribution in [0.2, 0.25) is 5.02 Å². The van der Waals surface area contributed by atoms with Gasteiger partial charge in [0.05, 0.1) is 12.6 Å². The monoisotopic (exact) mass is 589 g/mol. The lowest BCUT2D eigenvalue weighted by Crippen LogP contribution is -2.51. The molecule has 1 fully saturated rings. The maximum atomic E-state index is 14.3. The first-order chi connectivity index (χ1) is 20.2. The first-order valence-electron chi connectivity index (χ1n) is 15.0. The minimum Gasteiger partial charge on any atom is -0.345 e. The molecule has 3 aromatic rings. The van der Waals surface area contributed by atoms with E-state index in [-0.39, 0.29) is 29.8 Å². The van der Waals surface area contributed by atoms with Gasteiger partial charge in [0.1, 0.15) is 11.4 Å². The van der Waals surface area contributed by atoms with Crippen molar-refractivity contribution in [1.29, 1.82) is 0 Å². The summed E-state index contributed by atoms with van der Waals surface area (Å²) < 4.78 is 0. The molecule has 0 bridgehead atoms. The number of aromatic amines is 1. The highest BCUT2D eigenvalue weighted by atomic mass is 35.5. The third-order valence-electron chi connectivity index (χ3n) is 9.34. The Labute approximate surface area is 252 Å². The Balaban J connectivity index is 1.44. The molecule has 5 rings (SSSR count). The summed E-state index contributed by atoms with van der Waals surface area (Å²) in [6.07, 6.45) is 6.55. The van der Waals surface area contributed by atoms with Gasteiger partial charge in [-0.1, -0.05) is 81.6 Å². The van der Waals surface area contributed by atoms with Gasteiger partial charge >= 0.3 is 0 Å². The number of nitrogens with one attached hydrogen (secondary N) is 2. The van der Waals surface area contributed by atoms with E-state index in [1.54, 1.807) is 0 Å². The lowest BCUT2D eigenvalue weighted by molar-refractivity contribution is -0.133.